The van der Waals surface area contributed by atoms with E-state index in [9.17, 15) is 0 Å². The number of hydrogen-bond acceptors (Lipinski definition) is 1. The largest absolute Gasteiger partial charge is 0.309 e. The second-order valence-electron chi connectivity index (χ2n) is 15.2. The summed E-state index contributed by atoms with van der Waals surface area (Å²) < 4.78 is 5.10. The lowest BCUT2D eigenvalue weighted by Gasteiger charge is -2.21. The summed E-state index contributed by atoms with van der Waals surface area (Å²) in [5.74, 6) is 0. The molecule has 54 heavy (non-hydrogen) atoms. The van der Waals surface area contributed by atoms with E-state index in [1.165, 1.54) is 97.4 Å². The van der Waals surface area contributed by atoms with E-state index in [4.69, 9.17) is 0 Å². The maximum absolute atomic E-state index is 2.41. The van der Waals surface area contributed by atoms with Crippen LogP contribution in [0.1, 0.15) is 41.7 Å². The molecule has 0 saturated carbocycles. The monoisotopic (exact) mass is 713 g/mol. The lowest BCUT2D eigenvalue weighted by molar-refractivity contribution is 0.660. The minimum Gasteiger partial charge on any atom is -0.309 e. The van der Waals surface area contributed by atoms with Crippen molar-refractivity contribution < 1.29 is 0 Å². The van der Waals surface area contributed by atoms with Crippen LogP contribution < -0.4 is 0 Å². The number of fused-ring (bicyclic) bond motifs is 10. The summed E-state index contributed by atoms with van der Waals surface area (Å²) in [5.41, 5.74) is 13.6. The van der Waals surface area contributed by atoms with E-state index < -0.39 is 0 Å². The summed E-state index contributed by atoms with van der Waals surface area (Å²) in [4.78, 5) is 0. The van der Waals surface area contributed by atoms with Crippen LogP contribution in [0.4, 0.5) is 0 Å². The molecule has 0 aliphatic heterocycles. The van der Waals surface area contributed by atoms with Gasteiger partial charge in [0.25, 0.3) is 0 Å². The third kappa shape index (κ3) is 5.79. The maximum atomic E-state index is 2.41. The molecule has 1 nitrogen and oxygen atoms in total. The van der Waals surface area contributed by atoms with Crippen molar-refractivity contribution in [3.05, 3.63) is 198 Å². The molecular weight excluding hydrogens is 671 g/mol. The SMILES string of the molecule is Cc1ccc2c(c1)-c1ccccc1C2(C)C.Cc1ccc2c3ccccc3n(-c3ccc4sc5ccccc5c4c3)c2c1.Cc1cccc2ccccc12. The van der Waals surface area contributed by atoms with Gasteiger partial charge in [-0.15, -0.1) is 11.3 Å². The van der Waals surface area contributed by atoms with Crippen LogP contribution >= 0.6 is 11.3 Å². The van der Waals surface area contributed by atoms with Crippen molar-refractivity contribution in [2.75, 3.05) is 0 Å². The van der Waals surface area contributed by atoms with E-state index in [0.717, 1.165) is 0 Å². The Hall–Kier alpha value is -5.96. The standard InChI is InChI=1S/C25H17NS.C16H16.C11H10/c1-16-10-12-19-18-6-2-4-8-22(18)26(23(19)14-16)17-11-13-25-21(15-17)20-7-3-5-9-24(20)27-25;1-11-8-9-15-13(10-11)12-6-4-5-7-14(12)16(15,2)3;1-9-5-4-7-10-6-2-3-8-11(9)10/h2-15H,1H3;4-10H,1-3H3;2-8H,1H3. The zero-order chi connectivity index (χ0) is 37.0. The molecule has 2 heteroatoms. The molecule has 0 unspecified atom stereocenters. The Balaban J connectivity index is 0.000000120. The Bertz CT molecular complexity index is 3000. The summed E-state index contributed by atoms with van der Waals surface area (Å²) in [5, 5.41) is 7.99. The quantitative estimate of drug-likeness (QED) is 0.160. The molecule has 262 valence electrons. The van der Waals surface area contributed by atoms with Crippen molar-refractivity contribution in [2.24, 2.45) is 0 Å². The molecule has 0 saturated heterocycles. The van der Waals surface area contributed by atoms with Gasteiger partial charge in [-0.1, -0.05) is 153 Å². The van der Waals surface area contributed by atoms with Gasteiger partial charge in [-0.05, 0) is 101 Å². The number of aromatic nitrogens is 1. The molecule has 0 atom stereocenters. The zero-order valence-electron chi connectivity index (χ0n) is 31.5. The summed E-state index contributed by atoms with van der Waals surface area (Å²) >= 11 is 1.87. The van der Waals surface area contributed by atoms with Crippen LogP contribution in [0, 0.1) is 20.8 Å². The van der Waals surface area contributed by atoms with Gasteiger partial charge in [0.05, 0.1) is 11.0 Å². The van der Waals surface area contributed by atoms with Crippen LogP contribution in [0.15, 0.2) is 170 Å². The van der Waals surface area contributed by atoms with Gasteiger partial charge in [-0.2, -0.15) is 0 Å². The van der Waals surface area contributed by atoms with Crippen LogP contribution in [-0.2, 0) is 5.41 Å². The Morgan fingerprint density at radius 1 is 0.426 bits per heavy atom. The first-order chi connectivity index (χ1) is 26.3. The van der Waals surface area contributed by atoms with E-state index in [2.05, 4.69) is 209 Å². The average molecular weight is 714 g/mol. The summed E-state index contributed by atoms with van der Waals surface area (Å²) in [6.45, 7) is 11.1. The lowest BCUT2D eigenvalue weighted by Crippen LogP contribution is -2.14. The first kappa shape index (κ1) is 33.8. The van der Waals surface area contributed by atoms with Crippen molar-refractivity contribution in [2.45, 2.75) is 40.0 Å². The molecule has 0 spiro atoms. The Labute approximate surface area is 321 Å². The second kappa shape index (κ2) is 13.5. The van der Waals surface area contributed by atoms with Gasteiger partial charge in [-0.25, -0.2) is 0 Å². The molecule has 0 radical (unpaired) electrons. The molecule has 10 aromatic rings. The number of nitrogens with zero attached hydrogens (tertiary/aromatic N) is 1. The number of aryl methyl sites for hydroxylation is 3. The van der Waals surface area contributed by atoms with Crippen molar-refractivity contribution in [3.8, 4) is 16.8 Å². The zero-order valence-corrected chi connectivity index (χ0v) is 32.3. The van der Waals surface area contributed by atoms with Crippen LogP contribution in [0.5, 0.6) is 0 Å². The van der Waals surface area contributed by atoms with Gasteiger partial charge in [-0.3, -0.25) is 0 Å². The summed E-state index contributed by atoms with van der Waals surface area (Å²) in [6, 6.07) is 61.4. The fourth-order valence-electron chi connectivity index (χ4n) is 8.43. The molecule has 2 aromatic heterocycles. The van der Waals surface area contributed by atoms with E-state index in [1.807, 2.05) is 11.3 Å². The van der Waals surface area contributed by atoms with Crippen LogP contribution in [0.25, 0.3) is 69.6 Å². The van der Waals surface area contributed by atoms with Crippen molar-refractivity contribution in [1.82, 2.24) is 4.57 Å². The van der Waals surface area contributed by atoms with Gasteiger partial charge in [0.1, 0.15) is 0 Å². The van der Waals surface area contributed by atoms with Gasteiger partial charge >= 0.3 is 0 Å². The van der Waals surface area contributed by atoms with E-state index >= 15 is 0 Å². The van der Waals surface area contributed by atoms with Crippen molar-refractivity contribution in [1.29, 1.82) is 0 Å². The predicted molar refractivity (Wildman–Crippen MR) is 236 cm³/mol. The number of benzene rings is 8. The van der Waals surface area contributed by atoms with E-state index in [-0.39, 0.29) is 5.41 Å². The molecule has 0 N–H and O–H groups in total. The highest BCUT2D eigenvalue weighted by Gasteiger charge is 2.34. The molecule has 1 aliphatic carbocycles. The highest BCUT2D eigenvalue weighted by molar-refractivity contribution is 7.25. The van der Waals surface area contributed by atoms with Crippen molar-refractivity contribution in [3.63, 3.8) is 0 Å². The van der Waals surface area contributed by atoms with Crippen LogP contribution in [0.2, 0.25) is 0 Å². The molecular formula is C52H43NS. The topological polar surface area (TPSA) is 4.93 Å². The van der Waals surface area contributed by atoms with Crippen LogP contribution in [-0.4, -0.2) is 4.57 Å². The lowest BCUT2D eigenvalue weighted by atomic mass is 9.82. The second-order valence-corrected chi connectivity index (χ2v) is 16.3. The molecule has 1 aliphatic rings. The predicted octanol–water partition coefficient (Wildman–Crippen LogP) is 14.9. The number of thiophene rings is 1. The minimum atomic E-state index is 0.152. The number of rotatable bonds is 1. The smallest absolute Gasteiger partial charge is 0.0543 e. The fourth-order valence-corrected chi connectivity index (χ4v) is 9.52. The molecule has 11 rings (SSSR count). The van der Waals surface area contributed by atoms with Gasteiger partial charge in [0, 0.05) is 42.0 Å². The molecule has 0 fully saturated rings. The van der Waals surface area contributed by atoms with Gasteiger partial charge in [0.15, 0.2) is 0 Å². The minimum absolute atomic E-state index is 0.152. The molecule has 0 amide bonds. The highest BCUT2D eigenvalue weighted by atomic mass is 32.1. The Kier molecular flexibility index (Phi) is 8.44. The highest BCUT2D eigenvalue weighted by Crippen LogP contribution is 2.48. The first-order valence-electron chi connectivity index (χ1n) is 18.8. The van der Waals surface area contributed by atoms with Gasteiger partial charge < -0.3 is 4.57 Å². The van der Waals surface area contributed by atoms with E-state index in [0.29, 0.717) is 0 Å². The first-order valence-corrected chi connectivity index (χ1v) is 19.7. The molecule has 8 aromatic carbocycles. The average Bonchev–Trinajstić information content (AvgIpc) is 3.80. The molecule has 2 heterocycles. The number of hydrogen-bond donors (Lipinski definition) is 0. The van der Waals surface area contributed by atoms with Crippen molar-refractivity contribution >= 4 is 64.1 Å². The maximum Gasteiger partial charge on any atom is 0.0543 e. The normalized spacial score (nSPS) is 12.7. The summed E-state index contributed by atoms with van der Waals surface area (Å²) in [6.07, 6.45) is 0. The summed E-state index contributed by atoms with van der Waals surface area (Å²) in [7, 11) is 0. The Morgan fingerprint density at radius 2 is 1.06 bits per heavy atom. The molecule has 0 bridgehead atoms. The van der Waals surface area contributed by atoms with Crippen LogP contribution in [0.3, 0.4) is 0 Å². The fraction of sp³-hybridized carbons (Fsp3) is 0.115. The van der Waals surface area contributed by atoms with E-state index in [1.54, 1.807) is 0 Å². The number of para-hydroxylation sites is 1. The Morgan fingerprint density at radius 3 is 1.91 bits per heavy atom. The third-order valence-electron chi connectivity index (χ3n) is 11.2. The van der Waals surface area contributed by atoms with Gasteiger partial charge in [0.2, 0.25) is 0 Å². The third-order valence-corrected chi connectivity index (χ3v) is 12.3.